The molecule has 1 N–H and O–H groups in total. The van der Waals surface area contributed by atoms with Gasteiger partial charge < -0.3 is 19.6 Å². The standard InChI is InChI=1S/C24H29F3N4O3/c1-14-11-16(24(25,26)27)12-19(32)21(14)17-5-6-20(29-28-17)31-10-8-15-7-9-30(13-18(15)31)22(33)34-23(2,3)4/h5-6,11-12,15,18,32H,7-10,13H2,1-4H3/t15-,18-/m0/s1. The number of nitrogens with zero attached hydrogens (tertiary/aromatic N) is 4. The SMILES string of the molecule is Cc1cc(C(F)(F)F)cc(O)c1-c1ccc(N2CC[C@@H]3CCN(C(=O)OC(C)(C)C)C[C@@H]32)nn1. The second kappa shape index (κ2) is 8.63. The van der Waals surface area contributed by atoms with Crippen molar-refractivity contribution in [3.8, 4) is 17.0 Å². The Morgan fingerprint density at radius 1 is 1.12 bits per heavy atom. The number of aryl methyl sites for hydroxylation is 1. The molecule has 1 aromatic carbocycles. The molecule has 0 bridgehead atoms. The van der Waals surface area contributed by atoms with Gasteiger partial charge in [0.05, 0.1) is 17.3 Å². The normalized spacial score (nSPS) is 20.9. The molecule has 3 heterocycles. The number of rotatable bonds is 2. The zero-order valence-corrected chi connectivity index (χ0v) is 19.7. The molecule has 2 aliphatic rings. The minimum absolute atomic E-state index is 0.0858. The smallest absolute Gasteiger partial charge is 0.416 e. The lowest BCUT2D eigenvalue weighted by Crippen LogP contribution is -2.51. The lowest BCUT2D eigenvalue weighted by Gasteiger charge is -2.39. The van der Waals surface area contributed by atoms with Gasteiger partial charge >= 0.3 is 12.3 Å². The van der Waals surface area contributed by atoms with Gasteiger partial charge in [0.1, 0.15) is 11.4 Å². The summed E-state index contributed by atoms with van der Waals surface area (Å²) < 4.78 is 44.6. The largest absolute Gasteiger partial charge is 0.507 e. The third-order valence-corrected chi connectivity index (χ3v) is 6.36. The molecule has 2 saturated heterocycles. The number of hydrogen-bond donors (Lipinski definition) is 1. The number of hydrogen-bond acceptors (Lipinski definition) is 6. The Hall–Kier alpha value is -3.04. The number of alkyl halides is 3. The Kier molecular flexibility index (Phi) is 6.12. The molecule has 10 heteroatoms. The highest BCUT2D eigenvalue weighted by Crippen LogP contribution is 2.39. The first-order valence-electron chi connectivity index (χ1n) is 11.3. The predicted molar refractivity (Wildman–Crippen MR) is 121 cm³/mol. The quantitative estimate of drug-likeness (QED) is 0.654. The Balaban J connectivity index is 1.53. The van der Waals surface area contributed by atoms with Gasteiger partial charge in [-0.3, -0.25) is 0 Å². The maximum absolute atomic E-state index is 13.0. The lowest BCUT2D eigenvalue weighted by atomic mass is 9.92. The van der Waals surface area contributed by atoms with Crippen LogP contribution in [0.15, 0.2) is 24.3 Å². The maximum Gasteiger partial charge on any atom is 0.416 e. The summed E-state index contributed by atoms with van der Waals surface area (Å²) in [6, 6.07) is 5.19. The number of piperidine rings is 1. The van der Waals surface area contributed by atoms with Crippen LogP contribution in [0.5, 0.6) is 5.75 Å². The van der Waals surface area contributed by atoms with Gasteiger partial charge in [-0.2, -0.15) is 13.2 Å². The number of phenolic OH excluding ortho intramolecular Hbond substituents is 1. The van der Waals surface area contributed by atoms with E-state index in [2.05, 4.69) is 15.1 Å². The minimum Gasteiger partial charge on any atom is -0.507 e. The summed E-state index contributed by atoms with van der Waals surface area (Å²) in [5.74, 6) is 0.573. The van der Waals surface area contributed by atoms with E-state index in [4.69, 9.17) is 4.74 Å². The zero-order chi connectivity index (χ0) is 24.8. The predicted octanol–water partition coefficient (Wildman–Crippen LogP) is 5.01. The monoisotopic (exact) mass is 478 g/mol. The first-order chi connectivity index (χ1) is 15.8. The Bertz CT molecular complexity index is 1040. The van der Waals surface area contributed by atoms with Crippen LogP contribution in [0, 0.1) is 12.8 Å². The van der Waals surface area contributed by atoms with Crippen LogP contribution in [-0.4, -0.2) is 57.6 Å². The summed E-state index contributed by atoms with van der Waals surface area (Å²) in [6.07, 6.45) is -3.01. The van der Waals surface area contributed by atoms with Gasteiger partial charge in [0.15, 0.2) is 5.82 Å². The molecule has 4 rings (SSSR count). The van der Waals surface area contributed by atoms with Crippen LogP contribution in [0.1, 0.15) is 44.7 Å². The number of likely N-dealkylation sites (tertiary alicyclic amines) is 1. The van der Waals surface area contributed by atoms with Gasteiger partial charge in [0.25, 0.3) is 0 Å². The van der Waals surface area contributed by atoms with Gasteiger partial charge in [-0.25, -0.2) is 4.79 Å². The zero-order valence-electron chi connectivity index (χ0n) is 19.7. The molecule has 0 spiro atoms. The molecule has 1 aromatic heterocycles. The summed E-state index contributed by atoms with van der Waals surface area (Å²) >= 11 is 0. The molecule has 0 unspecified atom stereocenters. The molecule has 0 saturated carbocycles. The number of carbonyl (C=O) groups excluding carboxylic acids is 1. The van der Waals surface area contributed by atoms with Crippen molar-refractivity contribution >= 4 is 11.9 Å². The molecule has 2 fully saturated rings. The number of aromatic nitrogens is 2. The summed E-state index contributed by atoms with van der Waals surface area (Å²) in [7, 11) is 0. The number of carbonyl (C=O) groups is 1. The Morgan fingerprint density at radius 3 is 2.41 bits per heavy atom. The third kappa shape index (κ3) is 4.90. The molecule has 2 aliphatic heterocycles. The summed E-state index contributed by atoms with van der Waals surface area (Å²) in [4.78, 5) is 16.4. The van der Waals surface area contributed by atoms with E-state index >= 15 is 0 Å². The highest BCUT2D eigenvalue weighted by molar-refractivity contribution is 5.72. The molecular weight excluding hydrogens is 449 g/mol. The van der Waals surface area contributed by atoms with Crippen LogP contribution in [-0.2, 0) is 10.9 Å². The van der Waals surface area contributed by atoms with Crippen molar-refractivity contribution in [2.45, 2.75) is 58.4 Å². The van der Waals surface area contributed by atoms with E-state index < -0.39 is 23.1 Å². The number of fused-ring (bicyclic) bond motifs is 1. The number of halogens is 3. The van der Waals surface area contributed by atoms with Gasteiger partial charge in [0.2, 0.25) is 0 Å². The highest BCUT2D eigenvalue weighted by Gasteiger charge is 2.41. The fourth-order valence-electron chi connectivity index (χ4n) is 4.79. The van der Waals surface area contributed by atoms with E-state index in [0.717, 1.165) is 25.5 Å². The molecule has 7 nitrogen and oxygen atoms in total. The van der Waals surface area contributed by atoms with E-state index in [-0.39, 0.29) is 23.3 Å². The van der Waals surface area contributed by atoms with Crippen molar-refractivity contribution in [2.24, 2.45) is 5.92 Å². The molecule has 34 heavy (non-hydrogen) atoms. The summed E-state index contributed by atoms with van der Waals surface area (Å²) in [5.41, 5.74) is -0.698. The van der Waals surface area contributed by atoms with Crippen molar-refractivity contribution in [3.05, 3.63) is 35.4 Å². The van der Waals surface area contributed by atoms with E-state index in [1.165, 1.54) is 6.92 Å². The van der Waals surface area contributed by atoms with Crippen molar-refractivity contribution in [2.75, 3.05) is 24.5 Å². The van der Waals surface area contributed by atoms with E-state index in [9.17, 15) is 23.1 Å². The molecule has 0 radical (unpaired) electrons. The van der Waals surface area contributed by atoms with Crippen molar-refractivity contribution in [3.63, 3.8) is 0 Å². The molecule has 2 atom stereocenters. The van der Waals surface area contributed by atoms with E-state index in [1.807, 2.05) is 20.8 Å². The van der Waals surface area contributed by atoms with Crippen molar-refractivity contribution < 1.29 is 27.8 Å². The second-order valence-corrected chi connectivity index (χ2v) is 9.99. The molecule has 0 aliphatic carbocycles. The average molecular weight is 479 g/mol. The fraction of sp³-hybridized carbons (Fsp3) is 0.542. The second-order valence-electron chi connectivity index (χ2n) is 9.99. The Labute approximate surface area is 196 Å². The van der Waals surface area contributed by atoms with Crippen LogP contribution < -0.4 is 4.90 Å². The van der Waals surface area contributed by atoms with E-state index in [0.29, 0.717) is 36.6 Å². The molecule has 2 aromatic rings. The number of anilines is 1. The van der Waals surface area contributed by atoms with Gasteiger partial charge in [-0.05, 0) is 76.3 Å². The van der Waals surface area contributed by atoms with Crippen molar-refractivity contribution in [1.29, 1.82) is 0 Å². The lowest BCUT2D eigenvalue weighted by molar-refractivity contribution is -0.137. The minimum atomic E-state index is -4.55. The first-order valence-corrected chi connectivity index (χ1v) is 11.3. The molecular formula is C24H29F3N4O3. The molecule has 1 amide bonds. The number of ether oxygens (including phenoxy) is 1. The topological polar surface area (TPSA) is 78.8 Å². The maximum atomic E-state index is 13.0. The van der Waals surface area contributed by atoms with Crippen LogP contribution in [0.2, 0.25) is 0 Å². The van der Waals surface area contributed by atoms with Crippen LogP contribution in [0.25, 0.3) is 11.3 Å². The Morgan fingerprint density at radius 2 is 1.82 bits per heavy atom. The summed E-state index contributed by atoms with van der Waals surface area (Å²) in [6.45, 7) is 8.98. The van der Waals surface area contributed by atoms with Crippen molar-refractivity contribution in [1.82, 2.24) is 15.1 Å². The van der Waals surface area contributed by atoms with Crippen LogP contribution in [0.4, 0.5) is 23.8 Å². The van der Waals surface area contributed by atoms with Gasteiger partial charge in [-0.15, -0.1) is 10.2 Å². The van der Waals surface area contributed by atoms with Gasteiger partial charge in [-0.1, -0.05) is 0 Å². The average Bonchev–Trinajstić information content (AvgIpc) is 3.15. The number of phenols is 1. The fourth-order valence-corrected chi connectivity index (χ4v) is 4.79. The first kappa shape index (κ1) is 24.1. The van der Waals surface area contributed by atoms with Crippen LogP contribution in [0.3, 0.4) is 0 Å². The van der Waals surface area contributed by atoms with Crippen LogP contribution >= 0.6 is 0 Å². The summed E-state index contributed by atoms with van der Waals surface area (Å²) in [5, 5.41) is 18.8. The third-order valence-electron chi connectivity index (χ3n) is 6.36. The van der Waals surface area contributed by atoms with E-state index in [1.54, 1.807) is 17.0 Å². The molecule has 184 valence electrons. The number of benzene rings is 1. The number of amides is 1. The van der Waals surface area contributed by atoms with Gasteiger partial charge in [0, 0.05) is 25.2 Å². The number of aromatic hydroxyl groups is 1. The highest BCUT2D eigenvalue weighted by atomic mass is 19.4.